The van der Waals surface area contributed by atoms with Gasteiger partial charge in [-0.1, -0.05) is 29.8 Å². The Morgan fingerprint density at radius 3 is 2.59 bits per heavy atom. The minimum absolute atomic E-state index is 0.185. The van der Waals surface area contributed by atoms with Gasteiger partial charge in [0.1, 0.15) is 5.75 Å². The fraction of sp³-hybridized carbons (Fsp3) is 0.278. The SMILES string of the molecule is COCc1cccc(NC(=O)C(C)Oc2ccc(C)cc2)c1. The highest BCUT2D eigenvalue weighted by Gasteiger charge is 2.14. The van der Waals surface area contributed by atoms with Crippen molar-refractivity contribution in [1.29, 1.82) is 0 Å². The minimum atomic E-state index is -0.575. The van der Waals surface area contributed by atoms with Gasteiger partial charge in [-0.2, -0.15) is 0 Å². The predicted octanol–water partition coefficient (Wildman–Crippen LogP) is 3.55. The van der Waals surface area contributed by atoms with Crippen LogP contribution in [0.3, 0.4) is 0 Å². The second-order valence-corrected chi connectivity index (χ2v) is 5.20. The molecule has 0 aromatic heterocycles. The molecule has 4 heteroatoms. The lowest BCUT2D eigenvalue weighted by Gasteiger charge is -2.15. The van der Waals surface area contributed by atoms with Crippen LogP contribution in [0, 0.1) is 6.92 Å². The number of anilines is 1. The number of carbonyl (C=O) groups is 1. The zero-order valence-electron chi connectivity index (χ0n) is 13.1. The molecule has 2 rings (SSSR count). The summed E-state index contributed by atoms with van der Waals surface area (Å²) < 4.78 is 10.7. The van der Waals surface area contributed by atoms with E-state index in [0.29, 0.717) is 12.4 Å². The number of methoxy groups -OCH3 is 1. The van der Waals surface area contributed by atoms with E-state index < -0.39 is 6.10 Å². The minimum Gasteiger partial charge on any atom is -0.481 e. The van der Waals surface area contributed by atoms with Gasteiger partial charge in [-0.05, 0) is 43.7 Å². The molecular weight excluding hydrogens is 278 g/mol. The van der Waals surface area contributed by atoms with Gasteiger partial charge in [0, 0.05) is 12.8 Å². The molecule has 116 valence electrons. The number of amides is 1. The first kappa shape index (κ1) is 16.0. The molecule has 1 atom stereocenters. The summed E-state index contributed by atoms with van der Waals surface area (Å²) >= 11 is 0. The van der Waals surface area contributed by atoms with Gasteiger partial charge in [0.25, 0.3) is 5.91 Å². The normalized spacial score (nSPS) is 11.8. The number of carbonyl (C=O) groups excluding carboxylic acids is 1. The monoisotopic (exact) mass is 299 g/mol. The number of benzene rings is 2. The molecule has 2 aromatic rings. The Morgan fingerprint density at radius 1 is 1.18 bits per heavy atom. The first-order valence-electron chi connectivity index (χ1n) is 7.20. The largest absolute Gasteiger partial charge is 0.481 e. The number of hydrogen-bond acceptors (Lipinski definition) is 3. The average Bonchev–Trinajstić information content (AvgIpc) is 2.50. The molecule has 0 fully saturated rings. The van der Waals surface area contributed by atoms with Crippen LogP contribution in [0.2, 0.25) is 0 Å². The van der Waals surface area contributed by atoms with E-state index in [0.717, 1.165) is 16.8 Å². The summed E-state index contributed by atoms with van der Waals surface area (Å²) in [6.07, 6.45) is -0.575. The molecule has 2 aromatic carbocycles. The third kappa shape index (κ3) is 4.60. The van der Waals surface area contributed by atoms with Gasteiger partial charge in [-0.3, -0.25) is 4.79 Å². The Morgan fingerprint density at radius 2 is 1.91 bits per heavy atom. The average molecular weight is 299 g/mol. The maximum atomic E-state index is 12.2. The van der Waals surface area contributed by atoms with Crippen molar-refractivity contribution >= 4 is 11.6 Å². The predicted molar refractivity (Wildman–Crippen MR) is 87.1 cm³/mol. The van der Waals surface area contributed by atoms with E-state index in [2.05, 4.69) is 5.32 Å². The summed E-state index contributed by atoms with van der Waals surface area (Å²) in [6.45, 7) is 4.25. The van der Waals surface area contributed by atoms with Crippen molar-refractivity contribution in [2.24, 2.45) is 0 Å². The fourth-order valence-corrected chi connectivity index (χ4v) is 2.02. The summed E-state index contributed by atoms with van der Waals surface area (Å²) in [5.41, 5.74) is 2.89. The van der Waals surface area contributed by atoms with Crippen LogP contribution in [0.15, 0.2) is 48.5 Å². The first-order valence-corrected chi connectivity index (χ1v) is 7.20. The lowest BCUT2D eigenvalue weighted by Crippen LogP contribution is -2.30. The quantitative estimate of drug-likeness (QED) is 0.887. The van der Waals surface area contributed by atoms with Gasteiger partial charge in [0.2, 0.25) is 0 Å². The molecule has 1 amide bonds. The highest BCUT2D eigenvalue weighted by atomic mass is 16.5. The zero-order chi connectivity index (χ0) is 15.9. The van der Waals surface area contributed by atoms with Crippen molar-refractivity contribution in [3.8, 4) is 5.75 Å². The van der Waals surface area contributed by atoms with Crippen molar-refractivity contribution in [2.75, 3.05) is 12.4 Å². The van der Waals surface area contributed by atoms with E-state index in [1.165, 1.54) is 0 Å². The van der Waals surface area contributed by atoms with Crippen LogP contribution >= 0.6 is 0 Å². The molecular formula is C18H21NO3. The Kier molecular flexibility index (Phi) is 5.55. The molecule has 0 heterocycles. The smallest absolute Gasteiger partial charge is 0.265 e. The van der Waals surface area contributed by atoms with Crippen LogP contribution in [0.25, 0.3) is 0 Å². The van der Waals surface area contributed by atoms with Crippen LogP contribution in [0.5, 0.6) is 5.75 Å². The van der Waals surface area contributed by atoms with Crippen LogP contribution < -0.4 is 10.1 Å². The molecule has 0 aliphatic rings. The molecule has 1 unspecified atom stereocenters. The Balaban J connectivity index is 1.96. The van der Waals surface area contributed by atoms with E-state index in [4.69, 9.17) is 9.47 Å². The van der Waals surface area contributed by atoms with Gasteiger partial charge in [-0.25, -0.2) is 0 Å². The third-order valence-electron chi connectivity index (χ3n) is 3.21. The summed E-state index contributed by atoms with van der Waals surface area (Å²) in [5.74, 6) is 0.497. The highest BCUT2D eigenvalue weighted by molar-refractivity contribution is 5.94. The molecule has 4 nitrogen and oxygen atoms in total. The standard InChI is InChI=1S/C18H21NO3/c1-13-7-9-17(10-8-13)22-14(2)18(20)19-16-6-4-5-15(11-16)12-21-3/h4-11,14H,12H2,1-3H3,(H,19,20). The van der Waals surface area contributed by atoms with Crippen LogP contribution in [0.1, 0.15) is 18.1 Å². The highest BCUT2D eigenvalue weighted by Crippen LogP contribution is 2.15. The molecule has 22 heavy (non-hydrogen) atoms. The van der Waals surface area contributed by atoms with Gasteiger partial charge in [-0.15, -0.1) is 0 Å². The molecule has 0 bridgehead atoms. The lowest BCUT2D eigenvalue weighted by atomic mass is 10.2. The summed E-state index contributed by atoms with van der Waals surface area (Å²) in [6, 6.07) is 15.2. The van der Waals surface area contributed by atoms with Gasteiger partial charge >= 0.3 is 0 Å². The van der Waals surface area contributed by atoms with E-state index in [1.54, 1.807) is 14.0 Å². The van der Waals surface area contributed by atoms with Crippen molar-refractivity contribution in [3.63, 3.8) is 0 Å². The summed E-state index contributed by atoms with van der Waals surface area (Å²) in [7, 11) is 1.64. The number of nitrogens with one attached hydrogen (secondary N) is 1. The molecule has 1 N–H and O–H groups in total. The second-order valence-electron chi connectivity index (χ2n) is 5.20. The lowest BCUT2D eigenvalue weighted by molar-refractivity contribution is -0.122. The van der Waals surface area contributed by atoms with Crippen LogP contribution in [-0.4, -0.2) is 19.1 Å². The molecule has 0 aliphatic carbocycles. The fourth-order valence-electron chi connectivity index (χ4n) is 2.02. The van der Waals surface area contributed by atoms with Crippen molar-refractivity contribution in [2.45, 2.75) is 26.6 Å². The van der Waals surface area contributed by atoms with Gasteiger partial charge in [0.15, 0.2) is 6.10 Å². The Labute approximate surface area is 131 Å². The maximum Gasteiger partial charge on any atom is 0.265 e. The Bertz CT molecular complexity index is 622. The van der Waals surface area contributed by atoms with Crippen LogP contribution in [0.4, 0.5) is 5.69 Å². The molecule has 0 spiro atoms. The number of ether oxygens (including phenoxy) is 2. The number of rotatable bonds is 6. The zero-order valence-corrected chi connectivity index (χ0v) is 13.1. The molecule has 0 saturated heterocycles. The maximum absolute atomic E-state index is 12.2. The van der Waals surface area contributed by atoms with E-state index in [1.807, 2.05) is 55.5 Å². The molecule has 0 saturated carbocycles. The van der Waals surface area contributed by atoms with Gasteiger partial charge in [0.05, 0.1) is 6.61 Å². The summed E-state index contributed by atoms with van der Waals surface area (Å²) in [4.78, 5) is 12.2. The third-order valence-corrected chi connectivity index (χ3v) is 3.21. The molecule has 0 radical (unpaired) electrons. The first-order chi connectivity index (χ1) is 10.6. The van der Waals surface area contributed by atoms with E-state index in [9.17, 15) is 4.79 Å². The summed E-state index contributed by atoms with van der Waals surface area (Å²) in [5, 5.41) is 2.85. The van der Waals surface area contributed by atoms with Crippen molar-refractivity contribution < 1.29 is 14.3 Å². The topological polar surface area (TPSA) is 47.6 Å². The van der Waals surface area contributed by atoms with Crippen molar-refractivity contribution in [3.05, 3.63) is 59.7 Å². The van der Waals surface area contributed by atoms with Gasteiger partial charge < -0.3 is 14.8 Å². The van der Waals surface area contributed by atoms with Crippen LogP contribution in [-0.2, 0) is 16.1 Å². The Hall–Kier alpha value is -2.33. The number of hydrogen-bond donors (Lipinski definition) is 1. The van der Waals surface area contributed by atoms with Crippen molar-refractivity contribution in [1.82, 2.24) is 0 Å². The molecule has 0 aliphatic heterocycles. The second kappa shape index (κ2) is 7.61. The van der Waals surface area contributed by atoms with E-state index >= 15 is 0 Å². The van der Waals surface area contributed by atoms with E-state index in [-0.39, 0.29) is 5.91 Å². The number of aryl methyl sites for hydroxylation is 1.